The van der Waals surface area contributed by atoms with Crippen LogP contribution < -0.4 is 10.6 Å². The van der Waals surface area contributed by atoms with E-state index in [9.17, 15) is 9.59 Å². The lowest BCUT2D eigenvalue weighted by Crippen LogP contribution is -2.45. The van der Waals surface area contributed by atoms with Crippen molar-refractivity contribution in [3.8, 4) is 0 Å². The van der Waals surface area contributed by atoms with Crippen molar-refractivity contribution in [1.29, 1.82) is 0 Å². The fourth-order valence-corrected chi connectivity index (χ4v) is 2.70. The van der Waals surface area contributed by atoms with E-state index in [0.29, 0.717) is 24.8 Å². The lowest BCUT2D eigenvalue weighted by atomic mass is 9.82. The Morgan fingerprint density at radius 1 is 1.11 bits per heavy atom. The number of aliphatic carboxylic acids is 1. The molecule has 2 rings (SSSR count). The second-order valence-electron chi connectivity index (χ2n) is 5.59. The Morgan fingerprint density at radius 3 is 2.28 bits per heavy atom. The summed E-state index contributed by atoms with van der Waals surface area (Å²) in [6.45, 7) is 2.62. The second-order valence-corrected chi connectivity index (χ2v) is 5.59. The van der Waals surface area contributed by atoms with E-state index in [1.807, 2.05) is 0 Å². The minimum absolute atomic E-state index is 0.141. The first-order valence-electron chi connectivity index (χ1n) is 6.85. The number of carbonyl (C=O) groups is 2. The molecule has 0 aromatic rings. The molecule has 1 saturated heterocycles. The zero-order valence-corrected chi connectivity index (χ0v) is 10.7. The van der Waals surface area contributed by atoms with Crippen LogP contribution in [0.3, 0.4) is 0 Å². The van der Waals surface area contributed by atoms with Gasteiger partial charge in [0.1, 0.15) is 0 Å². The number of nitrogens with one attached hydrogen (secondary N) is 2. The summed E-state index contributed by atoms with van der Waals surface area (Å²) in [4.78, 5) is 22.4. The molecule has 5 nitrogen and oxygen atoms in total. The Hall–Kier alpha value is -1.10. The van der Waals surface area contributed by atoms with E-state index in [0.717, 1.165) is 38.8 Å². The van der Waals surface area contributed by atoms with Crippen molar-refractivity contribution in [2.24, 2.45) is 17.8 Å². The van der Waals surface area contributed by atoms with Gasteiger partial charge in [-0.25, -0.2) is 0 Å². The van der Waals surface area contributed by atoms with Crippen LogP contribution >= 0.6 is 0 Å². The van der Waals surface area contributed by atoms with Gasteiger partial charge in [-0.3, -0.25) is 9.59 Å². The van der Waals surface area contributed by atoms with E-state index < -0.39 is 5.97 Å². The summed E-state index contributed by atoms with van der Waals surface area (Å²) in [6, 6.07) is 0. The van der Waals surface area contributed by atoms with E-state index >= 15 is 0 Å². The molecule has 3 N–H and O–H groups in total. The summed E-state index contributed by atoms with van der Waals surface area (Å²) in [5, 5.41) is 15.0. The molecule has 0 bridgehead atoms. The number of carboxylic acids is 1. The first-order chi connectivity index (χ1) is 8.65. The summed E-state index contributed by atoms with van der Waals surface area (Å²) in [5.74, 6) is 0.270. The summed E-state index contributed by atoms with van der Waals surface area (Å²) in [6.07, 6.45) is 3.97. The lowest BCUT2D eigenvalue weighted by Gasteiger charge is -2.28. The van der Waals surface area contributed by atoms with Crippen molar-refractivity contribution in [1.82, 2.24) is 10.6 Å². The summed E-state index contributed by atoms with van der Waals surface area (Å²) >= 11 is 0. The zero-order valence-electron chi connectivity index (χ0n) is 10.7. The molecule has 0 spiro atoms. The highest BCUT2D eigenvalue weighted by Crippen LogP contribution is 2.28. The molecule has 0 atom stereocenters. The number of rotatable bonds is 5. The molecule has 2 fully saturated rings. The highest BCUT2D eigenvalue weighted by atomic mass is 16.4. The second kappa shape index (κ2) is 6.18. The predicted molar refractivity (Wildman–Crippen MR) is 67.1 cm³/mol. The quantitative estimate of drug-likeness (QED) is 0.671. The van der Waals surface area contributed by atoms with Crippen LogP contribution in [-0.2, 0) is 9.59 Å². The van der Waals surface area contributed by atoms with Gasteiger partial charge in [0.25, 0.3) is 0 Å². The van der Waals surface area contributed by atoms with Crippen LogP contribution in [0, 0.1) is 17.8 Å². The largest absolute Gasteiger partial charge is 0.481 e. The monoisotopic (exact) mass is 254 g/mol. The van der Waals surface area contributed by atoms with Crippen molar-refractivity contribution in [2.45, 2.75) is 32.1 Å². The molecule has 1 aliphatic heterocycles. The van der Waals surface area contributed by atoms with Gasteiger partial charge in [-0.2, -0.15) is 0 Å². The number of hydrogen-bond donors (Lipinski definition) is 3. The molecule has 5 heteroatoms. The van der Waals surface area contributed by atoms with Gasteiger partial charge in [-0.1, -0.05) is 0 Å². The minimum Gasteiger partial charge on any atom is -0.481 e. The maximum atomic E-state index is 11.6. The summed E-state index contributed by atoms with van der Waals surface area (Å²) in [5.41, 5.74) is 0. The van der Waals surface area contributed by atoms with Gasteiger partial charge in [0.2, 0.25) is 5.91 Å². The van der Waals surface area contributed by atoms with Crippen LogP contribution in [-0.4, -0.2) is 36.6 Å². The average Bonchev–Trinajstić information content (AvgIpc) is 2.32. The number of carbonyl (C=O) groups excluding carboxylic acids is 1. The smallest absolute Gasteiger partial charge is 0.306 e. The van der Waals surface area contributed by atoms with Crippen LogP contribution in [0.4, 0.5) is 0 Å². The first-order valence-corrected chi connectivity index (χ1v) is 6.85. The Labute approximate surface area is 107 Å². The Kier molecular flexibility index (Phi) is 4.58. The van der Waals surface area contributed by atoms with Crippen LogP contribution in [0.5, 0.6) is 0 Å². The van der Waals surface area contributed by atoms with Gasteiger partial charge < -0.3 is 15.7 Å². The maximum Gasteiger partial charge on any atom is 0.306 e. The lowest BCUT2D eigenvalue weighted by molar-refractivity contribution is -0.143. The molecule has 0 aromatic carbocycles. The predicted octanol–water partition coefficient (Wildman–Crippen LogP) is 0.603. The van der Waals surface area contributed by atoms with Gasteiger partial charge in [-0.05, 0) is 50.6 Å². The molecule has 1 saturated carbocycles. The maximum absolute atomic E-state index is 11.6. The number of carboxylic acid groups (broad SMARTS) is 1. The Balaban J connectivity index is 1.59. The van der Waals surface area contributed by atoms with Crippen LogP contribution in [0.2, 0.25) is 0 Å². The van der Waals surface area contributed by atoms with Gasteiger partial charge in [0.15, 0.2) is 0 Å². The molecule has 1 amide bonds. The highest BCUT2D eigenvalue weighted by molar-refractivity contribution is 5.76. The van der Waals surface area contributed by atoms with Crippen molar-refractivity contribution in [3.63, 3.8) is 0 Å². The van der Waals surface area contributed by atoms with E-state index in [1.54, 1.807) is 0 Å². The Bertz CT molecular complexity index is 307. The third-order valence-corrected chi connectivity index (χ3v) is 4.12. The van der Waals surface area contributed by atoms with Crippen LogP contribution in [0.1, 0.15) is 32.1 Å². The molecule has 2 aliphatic rings. The van der Waals surface area contributed by atoms with Crippen molar-refractivity contribution >= 4 is 11.9 Å². The summed E-state index contributed by atoms with van der Waals surface area (Å²) < 4.78 is 0. The topological polar surface area (TPSA) is 78.4 Å². The number of hydrogen-bond acceptors (Lipinski definition) is 3. The zero-order chi connectivity index (χ0) is 13.0. The van der Waals surface area contributed by atoms with E-state index in [1.165, 1.54) is 0 Å². The van der Waals surface area contributed by atoms with E-state index in [2.05, 4.69) is 10.6 Å². The molecule has 1 aliphatic carbocycles. The minimum atomic E-state index is -0.671. The van der Waals surface area contributed by atoms with Crippen LogP contribution in [0.15, 0.2) is 0 Å². The molecule has 0 aromatic heterocycles. The van der Waals surface area contributed by atoms with E-state index in [4.69, 9.17) is 5.11 Å². The van der Waals surface area contributed by atoms with Crippen molar-refractivity contribution in [2.75, 3.05) is 19.6 Å². The van der Waals surface area contributed by atoms with Crippen molar-refractivity contribution < 1.29 is 14.7 Å². The highest BCUT2D eigenvalue weighted by Gasteiger charge is 2.26. The third kappa shape index (κ3) is 3.70. The standard InChI is InChI=1S/C13H22N2O3/c16-12(5-10-6-14-7-10)15-8-9-1-3-11(4-2-9)13(17)18/h9-11,14H,1-8H2,(H,15,16)(H,17,18). The van der Waals surface area contributed by atoms with Gasteiger partial charge in [-0.15, -0.1) is 0 Å². The average molecular weight is 254 g/mol. The third-order valence-electron chi connectivity index (χ3n) is 4.12. The van der Waals surface area contributed by atoms with E-state index in [-0.39, 0.29) is 11.8 Å². The molecule has 18 heavy (non-hydrogen) atoms. The molecule has 102 valence electrons. The molecule has 0 radical (unpaired) electrons. The summed E-state index contributed by atoms with van der Waals surface area (Å²) in [7, 11) is 0. The number of amides is 1. The molecular formula is C13H22N2O3. The molecular weight excluding hydrogens is 232 g/mol. The fourth-order valence-electron chi connectivity index (χ4n) is 2.70. The van der Waals surface area contributed by atoms with Gasteiger partial charge >= 0.3 is 5.97 Å². The Morgan fingerprint density at radius 2 is 1.78 bits per heavy atom. The SMILES string of the molecule is O=C(CC1CNC1)NCC1CCC(C(=O)O)CC1. The molecule has 1 heterocycles. The van der Waals surface area contributed by atoms with Gasteiger partial charge in [0.05, 0.1) is 5.92 Å². The normalized spacial score (nSPS) is 28.4. The van der Waals surface area contributed by atoms with Gasteiger partial charge in [0, 0.05) is 13.0 Å². The fraction of sp³-hybridized carbons (Fsp3) is 0.846. The first kappa shape index (κ1) is 13.3. The van der Waals surface area contributed by atoms with Crippen molar-refractivity contribution in [3.05, 3.63) is 0 Å². The molecule has 0 unspecified atom stereocenters. The van der Waals surface area contributed by atoms with Crippen LogP contribution in [0.25, 0.3) is 0 Å².